The average Bonchev–Trinajstić information content (AvgIpc) is 2.95. The molecular weight excluding hydrogens is 208 g/mol. The van der Waals surface area contributed by atoms with Crippen molar-refractivity contribution in [2.45, 2.75) is 83.3 Å². The average molecular weight is 238 g/mol. The number of hydrogen-bond acceptors (Lipinski definition) is 2. The molecule has 2 rings (SSSR count). The van der Waals surface area contributed by atoms with E-state index in [1.165, 1.54) is 64.5 Å². The maximum atomic E-state index is 3.73. The van der Waals surface area contributed by atoms with Crippen molar-refractivity contribution in [1.29, 1.82) is 0 Å². The van der Waals surface area contributed by atoms with Crippen molar-refractivity contribution in [2.24, 2.45) is 0 Å². The van der Waals surface area contributed by atoms with E-state index >= 15 is 0 Å². The van der Waals surface area contributed by atoms with Gasteiger partial charge in [0.25, 0.3) is 0 Å². The first kappa shape index (κ1) is 13.4. The van der Waals surface area contributed by atoms with Gasteiger partial charge in [0, 0.05) is 18.1 Å². The fourth-order valence-electron chi connectivity index (χ4n) is 3.66. The predicted molar refractivity (Wildman–Crippen MR) is 74.4 cm³/mol. The summed E-state index contributed by atoms with van der Waals surface area (Å²) in [5.41, 5.74) is 0. The highest BCUT2D eigenvalue weighted by atomic mass is 15.2. The zero-order chi connectivity index (χ0) is 12.1. The van der Waals surface area contributed by atoms with Crippen LogP contribution in [0.5, 0.6) is 0 Å². The van der Waals surface area contributed by atoms with E-state index in [1.807, 2.05) is 0 Å². The second-order valence-electron chi connectivity index (χ2n) is 6.02. The van der Waals surface area contributed by atoms with Crippen LogP contribution in [0.3, 0.4) is 0 Å². The highest BCUT2D eigenvalue weighted by Gasteiger charge is 2.28. The van der Waals surface area contributed by atoms with Crippen LogP contribution in [0.15, 0.2) is 0 Å². The molecule has 1 heterocycles. The fraction of sp³-hybridized carbons (Fsp3) is 1.00. The third-order valence-corrected chi connectivity index (χ3v) is 4.81. The maximum Gasteiger partial charge on any atom is 0.00960 e. The number of hydrogen-bond donors (Lipinski definition) is 1. The van der Waals surface area contributed by atoms with Crippen molar-refractivity contribution in [1.82, 2.24) is 10.2 Å². The zero-order valence-corrected chi connectivity index (χ0v) is 11.8. The van der Waals surface area contributed by atoms with Gasteiger partial charge in [0.15, 0.2) is 0 Å². The first-order valence-corrected chi connectivity index (χ1v) is 7.80. The van der Waals surface area contributed by atoms with Crippen LogP contribution in [0.25, 0.3) is 0 Å². The van der Waals surface area contributed by atoms with Crippen molar-refractivity contribution in [2.75, 3.05) is 13.1 Å². The standard InChI is InChI=1S/C15H30N2/c1-3-15-10-9-13(2)17(15)12-6-11-16-14-7-4-5-8-14/h13-16H,3-12H2,1-2H3. The molecule has 0 aromatic heterocycles. The molecule has 0 radical (unpaired) electrons. The summed E-state index contributed by atoms with van der Waals surface area (Å²) in [5, 5.41) is 3.73. The van der Waals surface area contributed by atoms with Crippen LogP contribution in [0.4, 0.5) is 0 Å². The van der Waals surface area contributed by atoms with Gasteiger partial charge in [-0.3, -0.25) is 4.90 Å². The molecule has 2 aliphatic rings. The first-order chi connectivity index (χ1) is 8.31. The van der Waals surface area contributed by atoms with Gasteiger partial charge < -0.3 is 5.32 Å². The lowest BCUT2D eigenvalue weighted by Gasteiger charge is -2.27. The van der Waals surface area contributed by atoms with Gasteiger partial charge >= 0.3 is 0 Å². The molecule has 2 nitrogen and oxygen atoms in total. The van der Waals surface area contributed by atoms with Gasteiger partial charge in [0.2, 0.25) is 0 Å². The number of likely N-dealkylation sites (tertiary alicyclic amines) is 1. The Kier molecular flexibility index (Phi) is 5.30. The van der Waals surface area contributed by atoms with Crippen molar-refractivity contribution in [3.63, 3.8) is 0 Å². The second kappa shape index (κ2) is 6.75. The molecule has 0 spiro atoms. The fourth-order valence-corrected chi connectivity index (χ4v) is 3.66. The molecule has 1 N–H and O–H groups in total. The van der Waals surface area contributed by atoms with E-state index in [0.717, 1.165) is 18.1 Å². The van der Waals surface area contributed by atoms with E-state index in [0.29, 0.717) is 0 Å². The van der Waals surface area contributed by atoms with Crippen LogP contribution in [0, 0.1) is 0 Å². The summed E-state index contributed by atoms with van der Waals surface area (Å²) in [6.07, 6.45) is 11.2. The summed E-state index contributed by atoms with van der Waals surface area (Å²) in [7, 11) is 0. The monoisotopic (exact) mass is 238 g/mol. The lowest BCUT2D eigenvalue weighted by molar-refractivity contribution is 0.195. The third kappa shape index (κ3) is 3.69. The molecule has 0 bridgehead atoms. The smallest absolute Gasteiger partial charge is 0.00960 e. The number of nitrogens with zero attached hydrogens (tertiary/aromatic N) is 1. The van der Waals surface area contributed by atoms with E-state index in [-0.39, 0.29) is 0 Å². The number of rotatable bonds is 6. The molecule has 1 aliphatic heterocycles. The van der Waals surface area contributed by atoms with Crippen LogP contribution in [-0.4, -0.2) is 36.1 Å². The summed E-state index contributed by atoms with van der Waals surface area (Å²) in [6.45, 7) is 7.27. The highest BCUT2D eigenvalue weighted by Crippen LogP contribution is 2.25. The lowest BCUT2D eigenvalue weighted by atomic mass is 10.1. The topological polar surface area (TPSA) is 15.3 Å². The van der Waals surface area contributed by atoms with Crippen LogP contribution >= 0.6 is 0 Å². The molecule has 100 valence electrons. The molecule has 2 heteroatoms. The Balaban J connectivity index is 1.60. The second-order valence-corrected chi connectivity index (χ2v) is 6.02. The van der Waals surface area contributed by atoms with E-state index < -0.39 is 0 Å². The molecular formula is C15H30N2. The largest absolute Gasteiger partial charge is 0.314 e. The SMILES string of the molecule is CCC1CCC(C)N1CCCNC1CCCC1. The van der Waals surface area contributed by atoms with Gasteiger partial charge in [0.05, 0.1) is 0 Å². The van der Waals surface area contributed by atoms with Crippen LogP contribution in [0.1, 0.15) is 65.2 Å². The molecule has 2 unspecified atom stereocenters. The van der Waals surface area contributed by atoms with Gasteiger partial charge in [-0.1, -0.05) is 19.8 Å². The zero-order valence-electron chi connectivity index (χ0n) is 11.8. The van der Waals surface area contributed by atoms with Crippen molar-refractivity contribution >= 4 is 0 Å². The Hall–Kier alpha value is -0.0800. The normalized spacial score (nSPS) is 31.4. The quantitative estimate of drug-likeness (QED) is 0.715. The van der Waals surface area contributed by atoms with Gasteiger partial charge in [-0.15, -0.1) is 0 Å². The molecule has 1 aliphatic carbocycles. The Morgan fingerprint density at radius 2 is 1.88 bits per heavy atom. The van der Waals surface area contributed by atoms with E-state index in [9.17, 15) is 0 Å². The van der Waals surface area contributed by atoms with E-state index in [2.05, 4.69) is 24.1 Å². The highest BCUT2D eigenvalue weighted by molar-refractivity contribution is 4.84. The van der Waals surface area contributed by atoms with Crippen LogP contribution in [0.2, 0.25) is 0 Å². The van der Waals surface area contributed by atoms with Crippen molar-refractivity contribution in [3.8, 4) is 0 Å². The van der Waals surface area contributed by atoms with Gasteiger partial charge in [0.1, 0.15) is 0 Å². The summed E-state index contributed by atoms with van der Waals surface area (Å²) >= 11 is 0. The van der Waals surface area contributed by atoms with Gasteiger partial charge in [-0.2, -0.15) is 0 Å². The third-order valence-electron chi connectivity index (χ3n) is 4.81. The summed E-state index contributed by atoms with van der Waals surface area (Å²) in [4.78, 5) is 2.75. The molecule has 0 aromatic rings. The molecule has 2 atom stereocenters. The molecule has 1 saturated carbocycles. The molecule has 0 amide bonds. The summed E-state index contributed by atoms with van der Waals surface area (Å²) in [5.74, 6) is 0. The Morgan fingerprint density at radius 1 is 1.12 bits per heavy atom. The van der Waals surface area contributed by atoms with Crippen molar-refractivity contribution in [3.05, 3.63) is 0 Å². The number of nitrogens with one attached hydrogen (secondary N) is 1. The van der Waals surface area contributed by atoms with E-state index in [4.69, 9.17) is 0 Å². The van der Waals surface area contributed by atoms with E-state index in [1.54, 1.807) is 0 Å². The lowest BCUT2D eigenvalue weighted by Crippen LogP contribution is -2.37. The summed E-state index contributed by atoms with van der Waals surface area (Å²) in [6, 6.07) is 2.54. The Labute approximate surface area is 107 Å². The van der Waals surface area contributed by atoms with Crippen LogP contribution in [-0.2, 0) is 0 Å². The molecule has 17 heavy (non-hydrogen) atoms. The minimum atomic E-state index is 0.825. The Bertz CT molecular complexity index is 211. The minimum Gasteiger partial charge on any atom is -0.314 e. The van der Waals surface area contributed by atoms with Crippen molar-refractivity contribution < 1.29 is 0 Å². The molecule has 0 aromatic carbocycles. The maximum absolute atomic E-state index is 3.73. The molecule has 1 saturated heterocycles. The summed E-state index contributed by atoms with van der Waals surface area (Å²) < 4.78 is 0. The van der Waals surface area contributed by atoms with Gasteiger partial charge in [-0.05, 0) is 58.5 Å². The predicted octanol–water partition coefficient (Wildman–Crippen LogP) is 3.17. The minimum absolute atomic E-state index is 0.825. The van der Waals surface area contributed by atoms with Crippen LogP contribution < -0.4 is 5.32 Å². The molecule has 2 fully saturated rings. The van der Waals surface area contributed by atoms with Gasteiger partial charge in [-0.25, -0.2) is 0 Å². The Morgan fingerprint density at radius 3 is 2.59 bits per heavy atom. The first-order valence-electron chi connectivity index (χ1n) is 7.80.